The van der Waals surface area contributed by atoms with Crippen molar-refractivity contribution in [3.05, 3.63) is 148 Å². The number of hydrogen-bond acceptors (Lipinski definition) is 10. The minimum absolute atomic E-state index is 0.0518. The number of Topliss-reactive ketones (excluding diaryl/α,β-unsaturated/α-hetero) is 1. The van der Waals surface area contributed by atoms with Gasteiger partial charge in [-0.1, -0.05) is 54.6 Å². The van der Waals surface area contributed by atoms with Gasteiger partial charge in [0.15, 0.2) is 5.78 Å². The third-order valence-corrected chi connectivity index (χ3v) is 11.8. The number of amides is 5. The highest BCUT2D eigenvalue weighted by molar-refractivity contribution is 6.24. The van der Waals surface area contributed by atoms with Crippen LogP contribution >= 0.6 is 0 Å². The standard InChI is InChI=1S/C48H47N7O6/c1-31-11-12-33(26-37(31)28-42-50-21-19-39(51-42)36-8-5-20-49-29-36)27-41(56)34-15-13-32(14-16-34)30-53-22-24-54(25-23-53)44(58)10-3-2-6-35-7-4-9-38-45(35)48(61)55(47(38)60)40-17-18-43(57)52-46(40)59/h4-5,7-9,11-16,19-21,26,29,40H,2-3,6,10,17-18,22-25,27-28,30H2,1H3,(H,52,57,59). The smallest absolute Gasteiger partial charge is 0.262 e. The third kappa shape index (κ3) is 9.37. The maximum absolute atomic E-state index is 13.4. The number of nitrogens with zero attached hydrogens (tertiary/aromatic N) is 6. The van der Waals surface area contributed by atoms with E-state index in [9.17, 15) is 28.8 Å². The fraction of sp³-hybridized carbons (Fsp3) is 0.312. The summed E-state index contributed by atoms with van der Waals surface area (Å²) in [6.45, 7) is 5.55. The number of carbonyl (C=O) groups excluding carboxylic acids is 6. The average Bonchev–Trinajstić information content (AvgIpc) is 3.53. The number of unbranched alkanes of at least 4 members (excludes halogenated alkanes) is 1. The summed E-state index contributed by atoms with van der Waals surface area (Å²) >= 11 is 0. The van der Waals surface area contributed by atoms with E-state index in [0.717, 1.165) is 63.6 Å². The summed E-state index contributed by atoms with van der Waals surface area (Å²) < 4.78 is 0. The van der Waals surface area contributed by atoms with Gasteiger partial charge >= 0.3 is 0 Å². The Morgan fingerprint density at radius 2 is 1.62 bits per heavy atom. The maximum Gasteiger partial charge on any atom is 0.262 e. The summed E-state index contributed by atoms with van der Waals surface area (Å²) in [7, 11) is 0. The van der Waals surface area contributed by atoms with Crippen molar-refractivity contribution in [2.45, 2.75) is 70.9 Å². The Kier molecular flexibility index (Phi) is 12.3. The van der Waals surface area contributed by atoms with Gasteiger partial charge in [-0.3, -0.25) is 48.9 Å². The Hall–Kier alpha value is -6.73. The molecule has 5 aromatic rings. The van der Waals surface area contributed by atoms with Crippen LogP contribution in [0.2, 0.25) is 0 Å². The molecule has 1 N–H and O–H groups in total. The van der Waals surface area contributed by atoms with Gasteiger partial charge in [-0.05, 0) is 84.7 Å². The molecule has 0 saturated carbocycles. The number of piperidine rings is 1. The summed E-state index contributed by atoms with van der Waals surface area (Å²) in [6.07, 6.45) is 8.51. The molecule has 13 nitrogen and oxygen atoms in total. The molecule has 5 amide bonds. The zero-order chi connectivity index (χ0) is 42.5. The lowest BCUT2D eigenvalue weighted by molar-refractivity contribution is -0.136. The molecule has 310 valence electrons. The Morgan fingerprint density at radius 1 is 0.820 bits per heavy atom. The first-order valence-corrected chi connectivity index (χ1v) is 20.9. The first-order valence-electron chi connectivity index (χ1n) is 20.9. The van der Waals surface area contributed by atoms with Gasteiger partial charge in [-0.15, -0.1) is 0 Å². The second-order valence-electron chi connectivity index (χ2n) is 16.0. The molecule has 3 aliphatic rings. The normalized spacial score (nSPS) is 16.8. The van der Waals surface area contributed by atoms with Gasteiger partial charge in [0.1, 0.15) is 11.9 Å². The highest BCUT2D eigenvalue weighted by Crippen LogP contribution is 2.31. The Labute approximate surface area is 354 Å². The first-order chi connectivity index (χ1) is 29.6. The van der Waals surface area contributed by atoms with Crippen LogP contribution in [0.1, 0.15) is 96.8 Å². The van der Waals surface area contributed by atoms with E-state index in [-0.39, 0.29) is 30.1 Å². The number of nitrogens with one attached hydrogen (secondary N) is 1. The lowest BCUT2D eigenvalue weighted by Gasteiger charge is -2.35. The van der Waals surface area contributed by atoms with Gasteiger partial charge in [-0.25, -0.2) is 9.97 Å². The monoisotopic (exact) mass is 817 g/mol. The number of benzene rings is 3. The topological polar surface area (TPSA) is 163 Å². The molecular formula is C48H47N7O6. The quantitative estimate of drug-likeness (QED) is 0.0882. The van der Waals surface area contributed by atoms with Crippen LogP contribution in [0.4, 0.5) is 0 Å². The van der Waals surface area contributed by atoms with Crippen LogP contribution in [0.5, 0.6) is 0 Å². The van der Waals surface area contributed by atoms with Crippen LogP contribution in [0, 0.1) is 6.92 Å². The van der Waals surface area contributed by atoms with Crippen molar-refractivity contribution in [3.8, 4) is 11.3 Å². The van der Waals surface area contributed by atoms with Gasteiger partial charge in [0, 0.05) is 88.1 Å². The number of carbonyl (C=O) groups is 6. The predicted octanol–water partition coefficient (Wildman–Crippen LogP) is 5.32. The summed E-state index contributed by atoms with van der Waals surface area (Å²) in [5, 5.41) is 2.23. The summed E-state index contributed by atoms with van der Waals surface area (Å²) in [4.78, 5) is 95.8. The molecular weight excluding hydrogens is 771 g/mol. The lowest BCUT2D eigenvalue weighted by Crippen LogP contribution is -2.54. The van der Waals surface area contributed by atoms with Gasteiger partial charge in [-0.2, -0.15) is 0 Å². The van der Waals surface area contributed by atoms with E-state index in [1.165, 1.54) is 0 Å². The summed E-state index contributed by atoms with van der Waals surface area (Å²) in [5.74, 6) is -1.22. The molecule has 61 heavy (non-hydrogen) atoms. The molecule has 0 bridgehead atoms. The lowest BCUT2D eigenvalue weighted by atomic mass is 9.97. The van der Waals surface area contributed by atoms with Crippen molar-refractivity contribution < 1.29 is 28.8 Å². The van der Waals surface area contributed by atoms with Gasteiger partial charge in [0.05, 0.1) is 16.8 Å². The van der Waals surface area contributed by atoms with E-state index in [1.54, 1.807) is 30.7 Å². The van der Waals surface area contributed by atoms with Crippen molar-refractivity contribution >= 4 is 35.3 Å². The molecule has 3 aliphatic heterocycles. The van der Waals surface area contributed by atoms with E-state index in [0.29, 0.717) is 68.6 Å². The largest absolute Gasteiger partial charge is 0.340 e. The second-order valence-corrected chi connectivity index (χ2v) is 16.0. The number of aromatic nitrogens is 3. The van der Waals surface area contributed by atoms with Crippen molar-refractivity contribution in [3.63, 3.8) is 0 Å². The highest BCUT2D eigenvalue weighted by Gasteiger charge is 2.45. The number of aryl methyl sites for hydroxylation is 2. The van der Waals surface area contributed by atoms with Crippen LogP contribution in [0.3, 0.4) is 0 Å². The molecule has 1 unspecified atom stereocenters. The minimum Gasteiger partial charge on any atom is -0.340 e. The molecule has 2 saturated heterocycles. The molecule has 1 atom stereocenters. The Balaban J connectivity index is 0.772. The summed E-state index contributed by atoms with van der Waals surface area (Å²) in [5.41, 5.74) is 7.97. The first kappa shape index (κ1) is 41.0. The fourth-order valence-electron chi connectivity index (χ4n) is 8.39. The number of piperazine rings is 1. The molecule has 8 rings (SSSR count). The summed E-state index contributed by atoms with van der Waals surface area (Å²) in [6, 6.07) is 23.8. The highest BCUT2D eigenvalue weighted by atomic mass is 16.2. The number of pyridine rings is 1. The average molecular weight is 818 g/mol. The molecule has 3 aromatic carbocycles. The van der Waals surface area contributed by atoms with Crippen LogP contribution in [-0.2, 0) is 40.2 Å². The molecule has 5 heterocycles. The SMILES string of the molecule is Cc1ccc(CC(=O)c2ccc(CN3CCN(C(=O)CCCCc4cccc5c4C(=O)N(C4CCC(=O)NC4=O)C5=O)CC3)cc2)cc1Cc1nccc(-c2cccnc2)n1. The molecule has 2 aromatic heterocycles. The minimum atomic E-state index is -1.01. The Bertz CT molecular complexity index is 2500. The van der Waals surface area contributed by atoms with Crippen molar-refractivity contribution in [2.24, 2.45) is 0 Å². The van der Waals surface area contributed by atoms with Crippen molar-refractivity contribution in [1.82, 2.24) is 35.0 Å². The predicted molar refractivity (Wildman–Crippen MR) is 226 cm³/mol. The van der Waals surface area contributed by atoms with E-state index < -0.39 is 29.7 Å². The van der Waals surface area contributed by atoms with E-state index in [2.05, 4.69) is 33.2 Å². The second kappa shape index (κ2) is 18.3. The third-order valence-electron chi connectivity index (χ3n) is 11.8. The molecule has 0 radical (unpaired) electrons. The maximum atomic E-state index is 13.4. The molecule has 0 aliphatic carbocycles. The number of rotatable bonds is 14. The van der Waals surface area contributed by atoms with Crippen LogP contribution in [0.15, 0.2) is 97.5 Å². The molecule has 0 spiro atoms. The van der Waals surface area contributed by atoms with Crippen LogP contribution < -0.4 is 5.32 Å². The number of ketones is 1. The molecule has 2 fully saturated rings. The van der Waals surface area contributed by atoms with Crippen LogP contribution in [-0.4, -0.2) is 97.2 Å². The van der Waals surface area contributed by atoms with Gasteiger partial charge in [0.2, 0.25) is 17.7 Å². The zero-order valence-electron chi connectivity index (χ0n) is 34.1. The zero-order valence-corrected chi connectivity index (χ0v) is 34.1. The van der Waals surface area contributed by atoms with Gasteiger partial charge < -0.3 is 4.90 Å². The van der Waals surface area contributed by atoms with E-state index >= 15 is 0 Å². The van der Waals surface area contributed by atoms with Crippen LogP contribution in [0.25, 0.3) is 11.3 Å². The van der Waals surface area contributed by atoms with Gasteiger partial charge in [0.25, 0.3) is 11.8 Å². The van der Waals surface area contributed by atoms with E-state index in [4.69, 9.17) is 4.98 Å². The number of imide groups is 2. The molecule has 13 heteroatoms. The van der Waals surface area contributed by atoms with E-state index in [1.807, 2.05) is 65.6 Å². The Morgan fingerprint density at radius 3 is 2.39 bits per heavy atom. The number of hydrogen-bond donors (Lipinski definition) is 1. The van der Waals surface area contributed by atoms with Crippen molar-refractivity contribution in [1.29, 1.82) is 0 Å². The number of fused-ring (bicyclic) bond motifs is 1. The fourth-order valence-corrected chi connectivity index (χ4v) is 8.39. The van der Waals surface area contributed by atoms with Crippen molar-refractivity contribution in [2.75, 3.05) is 26.2 Å².